The van der Waals surface area contributed by atoms with E-state index >= 15 is 0 Å². The first-order chi connectivity index (χ1) is 10.4. The third kappa shape index (κ3) is 3.50. The van der Waals surface area contributed by atoms with Crippen LogP contribution in [0.25, 0.3) is 0 Å². The van der Waals surface area contributed by atoms with E-state index in [2.05, 4.69) is 5.32 Å². The molecule has 2 atom stereocenters. The predicted octanol–water partition coefficient (Wildman–Crippen LogP) is 1.47. The van der Waals surface area contributed by atoms with Crippen LogP contribution >= 0.6 is 0 Å². The van der Waals surface area contributed by atoms with Crippen LogP contribution in [0.4, 0.5) is 0 Å². The number of carboxylic acid groups (broad SMARTS) is 1. The van der Waals surface area contributed by atoms with Gasteiger partial charge in [-0.05, 0) is 36.1 Å². The maximum atomic E-state index is 12.3. The van der Waals surface area contributed by atoms with Crippen LogP contribution in [-0.4, -0.2) is 36.7 Å². The van der Waals surface area contributed by atoms with Crippen molar-refractivity contribution in [1.82, 2.24) is 5.32 Å². The molecule has 1 aliphatic heterocycles. The molecule has 0 saturated carbocycles. The van der Waals surface area contributed by atoms with Gasteiger partial charge in [0.15, 0.2) is 0 Å². The second kappa shape index (κ2) is 6.68. The van der Waals surface area contributed by atoms with Crippen LogP contribution in [0.3, 0.4) is 0 Å². The quantitative estimate of drug-likeness (QED) is 0.860. The number of aliphatic carboxylic acids is 1. The molecule has 1 amide bonds. The number of rotatable bonds is 5. The van der Waals surface area contributed by atoms with Gasteiger partial charge in [0.1, 0.15) is 24.1 Å². The Bertz CT molecular complexity index is 570. The molecule has 0 bridgehead atoms. The molecule has 2 rings (SSSR count). The van der Waals surface area contributed by atoms with Gasteiger partial charge in [0.25, 0.3) is 0 Å². The second-order valence-corrected chi connectivity index (χ2v) is 5.75. The van der Waals surface area contributed by atoms with Crippen molar-refractivity contribution in [2.24, 2.45) is 11.8 Å². The smallest absolute Gasteiger partial charge is 0.326 e. The van der Waals surface area contributed by atoms with Crippen LogP contribution in [-0.2, 0) is 16.0 Å². The number of fused-ring (bicyclic) bond motifs is 1. The van der Waals surface area contributed by atoms with Gasteiger partial charge in [-0.1, -0.05) is 13.8 Å². The van der Waals surface area contributed by atoms with Crippen molar-refractivity contribution < 1.29 is 24.2 Å². The van der Waals surface area contributed by atoms with Crippen molar-refractivity contribution in [2.45, 2.75) is 26.3 Å². The minimum Gasteiger partial charge on any atom is -0.497 e. The molecule has 0 saturated heterocycles. The first-order valence-electron chi connectivity index (χ1n) is 7.25. The molecule has 22 heavy (non-hydrogen) atoms. The maximum Gasteiger partial charge on any atom is 0.326 e. The summed E-state index contributed by atoms with van der Waals surface area (Å²) in [5, 5.41) is 11.7. The Hall–Kier alpha value is -2.24. The zero-order valence-corrected chi connectivity index (χ0v) is 13.0. The highest BCUT2D eigenvalue weighted by molar-refractivity contribution is 5.85. The zero-order valence-electron chi connectivity index (χ0n) is 13.0. The second-order valence-electron chi connectivity index (χ2n) is 5.75. The Morgan fingerprint density at radius 2 is 2.14 bits per heavy atom. The molecule has 1 aromatic carbocycles. The molecule has 2 unspecified atom stereocenters. The fraction of sp³-hybridized carbons (Fsp3) is 0.500. The lowest BCUT2D eigenvalue weighted by Crippen LogP contribution is -2.48. The molecular formula is C16H21NO5. The number of carboxylic acids is 1. The van der Waals surface area contributed by atoms with Crippen molar-refractivity contribution in [1.29, 1.82) is 0 Å². The van der Waals surface area contributed by atoms with Gasteiger partial charge >= 0.3 is 5.97 Å². The van der Waals surface area contributed by atoms with E-state index in [0.717, 1.165) is 11.3 Å². The Labute approximate surface area is 129 Å². The number of hydrogen-bond donors (Lipinski definition) is 2. The van der Waals surface area contributed by atoms with E-state index in [1.165, 1.54) is 0 Å². The average molecular weight is 307 g/mol. The first kappa shape index (κ1) is 16.1. The number of ether oxygens (including phenoxy) is 2. The molecule has 6 heteroatoms. The Morgan fingerprint density at radius 1 is 1.41 bits per heavy atom. The highest BCUT2D eigenvalue weighted by Gasteiger charge is 2.30. The van der Waals surface area contributed by atoms with E-state index in [9.17, 15) is 9.59 Å². The van der Waals surface area contributed by atoms with Crippen molar-refractivity contribution in [3.8, 4) is 11.5 Å². The summed E-state index contributed by atoms with van der Waals surface area (Å²) in [6.45, 7) is 3.77. The molecule has 1 aliphatic rings. The normalized spacial score (nSPS) is 18.1. The van der Waals surface area contributed by atoms with Crippen molar-refractivity contribution in [3.63, 3.8) is 0 Å². The standard InChI is InChI=1S/C16H21NO5/c1-9(2)14(16(19)20)17-15(18)11-6-10-7-12(21-3)4-5-13(10)22-8-11/h4-5,7,9,11,14H,6,8H2,1-3H3,(H,17,18)(H,19,20). The van der Waals surface area contributed by atoms with E-state index in [1.807, 2.05) is 12.1 Å². The lowest BCUT2D eigenvalue weighted by Gasteiger charge is -2.27. The first-order valence-corrected chi connectivity index (χ1v) is 7.25. The molecule has 2 N–H and O–H groups in total. The van der Waals surface area contributed by atoms with Gasteiger partial charge in [0.05, 0.1) is 13.0 Å². The summed E-state index contributed by atoms with van der Waals surface area (Å²) in [5.74, 6) is -0.465. The summed E-state index contributed by atoms with van der Waals surface area (Å²) in [5.41, 5.74) is 0.891. The number of hydrogen-bond acceptors (Lipinski definition) is 4. The molecule has 120 valence electrons. The third-order valence-electron chi connectivity index (χ3n) is 3.78. The van der Waals surface area contributed by atoms with Crippen LogP contribution in [0.1, 0.15) is 19.4 Å². The molecule has 0 spiro atoms. The van der Waals surface area contributed by atoms with E-state index in [-0.39, 0.29) is 18.4 Å². The van der Waals surface area contributed by atoms with Crippen molar-refractivity contribution in [3.05, 3.63) is 23.8 Å². The number of methoxy groups -OCH3 is 1. The average Bonchev–Trinajstić information content (AvgIpc) is 2.50. The predicted molar refractivity (Wildman–Crippen MR) is 80.1 cm³/mol. The number of nitrogens with one attached hydrogen (secondary N) is 1. The fourth-order valence-electron chi connectivity index (χ4n) is 2.45. The highest BCUT2D eigenvalue weighted by atomic mass is 16.5. The number of benzene rings is 1. The molecule has 0 fully saturated rings. The Kier molecular flexibility index (Phi) is 4.90. The number of carbonyl (C=O) groups excluding carboxylic acids is 1. The van der Waals surface area contributed by atoms with E-state index in [1.54, 1.807) is 27.0 Å². The van der Waals surface area contributed by atoms with Crippen molar-refractivity contribution in [2.75, 3.05) is 13.7 Å². The monoisotopic (exact) mass is 307 g/mol. The Balaban J connectivity index is 2.07. The highest BCUT2D eigenvalue weighted by Crippen LogP contribution is 2.30. The van der Waals surface area contributed by atoms with Gasteiger partial charge in [-0.2, -0.15) is 0 Å². The molecule has 0 aliphatic carbocycles. The van der Waals surface area contributed by atoms with Crippen LogP contribution in [0.2, 0.25) is 0 Å². The van der Waals surface area contributed by atoms with Gasteiger partial charge in [-0.15, -0.1) is 0 Å². The topological polar surface area (TPSA) is 84.9 Å². The van der Waals surface area contributed by atoms with E-state index in [0.29, 0.717) is 12.2 Å². The van der Waals surface area contributed by atoms with Gasteiger partial charge in [0, 0.05) is 0 Å². The Morgan fingerprint density at radius 3 is 2.73 bits per heavy atom. The summed E-state index contributed by atoms with van der Waals surface area (Å²) in [4.78, 5) is 23.5. The molecule has 1 aromatic rings. The fourth-order valence-corrected chi connectivity index (χ4v) is 2.45. The molecule has 0 aromatic heterocycles. The minimum absolute atomic E-state index is 0.182. The molecule has 1 heterocycles. The lowest BCUT2D eigenvalue weighted by molar-refractivity contribution is -0.144. The van der Waals surface area contributed by atoms with Crippen LogP contribution in [0, 0.1) is 11.8 Å². The van der Waals surface area contributed by atoms with Gasteiger partial charge < -0.3 is 19.9 Å². The summed E-state index contributed by atoms with van der Waals surface area (Å²) < 4.78 is 10.8. The van der Waals surface area contributed by atoms with Crippen LogP contribution < -0.4 is 14.8 Å². The molecular weight excluding hydrogens is 286 g/mol. The van der Waals surface area contributed by atoms with E-state index < -0.39 is 17.9 Å². The largest absolute Gasteiger partial charge is 0.497 e. The number of carbonyl (C=O) groups is 2. The van der Waals surface area contributed by atoms with Gasteiger partial charge in [-0.3, -0.25) is 4.79 Å². The van der Waals surface area contributed by atoms with Crippen molar-refractivity contribution >= 4 is 11.9 Å². The molecule has 6 nitrogen and oxygen atoms in total. The third-order valence-corrected chi connectivity index (χ3v) is 3.78. The maximum absolute atomic E-state index is 12.3. The minimum atomic E-state index is -1.03. The van der Waals surface area contributed by atoms with Crippen LogP contribution in [0.5, 0.6) is 11.5 Å². The summed E-state index contributed by atoms with van der Waals surface area (Å²) >= 11 is 0. The number of amides is 1. The zero-order chi connectivity index (χ0) is 16.3. The lowest BCUT2D eigenvalue weighted by atomic mass is 9.94. The van der Waals surface area contributed by atoms with Crippen LogP contribution in [0.15, 0.2) is 18.2 Å². The summed E-state index contributed by atoms with van der Waals surface area (Å²) in [6, 6.07) is 4.57. The van der Waals surface area contributed by atoms with Gasteiger partial charge in [-0.25, -0.2) is 4.79 Å². The molecule has 0 radical (unpaired) electrons. The summed E-state index contributed by atoms with van der Waals surface area (Å²) in [6.07, 6.45) is 0.503. The summed E-state index contributed by atoms with van der Waals surface area (Å²) in [7, 11) is 1.58. The van der Waals surface area contributed by atoms with Gasteiger partial charge in [0.2, 0.25) is 5.91 Å². The SMILES string of the molecule is COc1ccc2c(c1)CC(C(=O)NC(C(=O)O)C(C)C)CO2. The van der Waals surface area contributed by atoms with E-state index in [4.69, 9.17) is 14.6 Å².